The van der Waals surface area contributed by atoms with Crippen LogP contribution in [0.3, 0.4) is 0 Å². The van der Waals surface area contributed by atoms with E-state index in [-0.39, 0.29) is 5.92 Å². The number of hydrogen-bond acceptors (Lipinski definition) is 2. The van der Waals surface area contributed by atoms with E-state index < -0.39 is 17.5 Å². The van der Waals surface area contributed by atoms with E-state index in [1.165, 1.54) is 23.1 Å². The molecule has 0 saturated heterocycles. The molecule has 1 aliphatic heterocycles. The van der Waals surface area contributed by atoms with Gasteiger partial charge >= 0.3 is 0 Å². The zero-order valence-electron chi connectivity index (χ0n) is 9.16. The van der Waals surface area contributed by atoms with Gasteiger partial charge in [-0.2, -0.15) is 0 Å². The molecule has 0 fully saturated rings. The van der Waals surface area contributed by atoms with Crippen LogP contribution in [0.25, 0.3) is 0 Å². The lowest BCUT2D eigenvalue weighted by molar-refractivity contribution is -0.114. The Morgan fingerprint density at radius 3 is 2.62 bits per heavy atom. The Kier molecular flexibility index (Phi) is 2.50. The van der Waals surface area contributed by atoms with Crippen LogP contribution in [0.5, 0.6) is 0 Å². The van der Waals surface area contributed by atoms with Crippen molar-refractivity contribution in [2.24, 2.45) is 5.92 Å². The zero-order chi connectivity index (χ0) is 11.9. The van der Waals surface area contributed by atoms with Crippen molar-refractivity contribution < 1.29 is 14.0 Å². The van der Waals surface area contributed by atoms with Crippen molar-refractivity contribution in [2.45, 2.75) is 13.8 Å². The van der Waals surface area contributed by atoms with Crippen molar-refractivity contribution in [3.63, 3.8) is 0 Å². The van der Waals surface area contributed by atoms with E-state index in [9.17, 15) is 14.0 Å². The number of ketones is 1. The van der Waals surface area contributed by atoms with Gasteiger partial charge in [0.15, 0.2) is 0 Å². The van der Waals surface area contributed by atoms with Gasteiger partial charge in [-0.15, -0.1) is 0 Å². The fraction of sp³-hybridized carbons (Fsp3) is 0.333. The molecule has 3 nitrogen and oxygen atoms in total. The average molecular weight is 221 g/mol. The highest BCUT2D eigenvalue weighted by Crippen LogP contribution is 2.30. The maximum absolute atomic E-state index is 13.1. The van der Waals surface area contributed by atoms with Crippen molar-refractivity contribution in [1.29, 1.82) is 0 Å². The van der Waals surface area contributed by atoms with Crippen LogP contribution in [0, 0.1) is 11.7 Å². The van der Waals surface area contributed by atoms with Crippen LogP contribution in [-0.4, -0.2) is 18.2 Å². The molecular weight excluding hydrogens is 209 g/mol. The highest BCUT2D eigenvalue weighted by atomic mass is 19.1. The number of nitrogens with zero attached hydrogens (tertiary/aromatic N) is 1. The average Bonchev–Trinajstić information content (AvgIpc) is 2.43. The van der Waals surface area contributed by atoms with Gasteiger partial charge in [0.25, 0.3) is 11.7 Å². The molecule has 1 amide bonds. The zero-order valence-corrected chi connectivity index (χ0v) is 9.16. The summed E-state index contributed by atoms with van der Waals surface area (Å²) in [4.78, 5) is 24.6. The normalized spacial score (nSPS) is 14.9. The molecule has 0 radical (unpaired) electrons. The highest BCUT2D eigenvalue weighted by molar-refractivity contribution is 6.52. The molecule has 16 heavy (non-hydrogen) atoms. The molecule has 0 unspecified atom stereocenters. The molecule has 0 N–H and O–H groups in total. The van der Waals surface area contributed by atoms with Crippen molar-refractivity contribution in [3.8, 4) is 0 Å². The first-order valence-corrected chi connectivity index (χ1v) is 5.16. The Balaban J connectivity index is 2.47. The molecule has 0 atom stereocenters. The fourth-order valence-electron chi connectivity index (χ4n) is 1.81. The summed E-state index contributed by atoms with van der Waals surface area (Å²) in [5, 5.41) is 0. The predicted molar refractivity (Wildman–Crippen MR) is 57.9 cm³/mol. The summed E-state index contributed by atoms with van der Waals surface area (Å²) in [6.45, 7) is 4.31. The third-order valence-corrected chi connectivity index (χ3v) is 2.48. The van der Waals surface area contributed by atoms with Crippen molar-refractivity contribution in [2.75, 3.05) is 11.4 Å². The van der Waals surface area contributed by atoms with Gasteiger partial charge < -0.3 is 4.90 Å². The number of hydrogen-bond donors (Lipinski definition) is 0. The molecule has 1 aromatic rings. The van der Waals surface area contributed by atoms with Gasteiger partial charge in [-0.1, -0.05) is 13.8 Å². The van der Waals surface area contributed by atoms with Crippen LogP contribution in [-0.2, 0) is 4.79 Å². The molecule has 0 spiro atoms. The van der Waals surface area contributed by atoms with Gasteiger partial charge in [-0.3, -0.25) is 9.59 Å². The molecule has 1 heterocycles. The van der Waals surface area contributed by atoms with E-state index in [0.717, 1.165) is 0 Å². The van der Waals surface area contributed by atoms with Gasteiger partial charge in [-0.05, 0) is 24.1 Å². The van der Waals surface area contributed by atoms with Crippen LogP contribution < -0.4 is 4.90 Å². The quantitative estimate of drug-likeness (QED) is 0.716. The third-order valence-electron chi connectivity index (χ3n) is 2.48. The second kappa shape index (κ2) is 3.70. The van der Waals surface area contributed by atoms with E-state index in [0.29, 0.717) is 17.8 Å². The number of Topliss-reactive ketones (excluding diaryl/α,β-unsaturated/α-hetero) is 1. The standard InChI is InChI=1S/C12H12FNO2/c1-7(2)6-14-10-5-8(13)3-4-9(10)11(15)12(14)16/h3-5,7H,6H2,1-2H3. The minimum atomic E-state index is -0.561. The summed E-state index contributed by atoms with van der Waals surface area (Å²) < 4.78 is 13.1. The lowest BCUT2D eigenvalue weighted by Crippen LogP contribution is -2.32. The van der Waals surface area contributed by atoms with E-state index in [4.69, 9.17) is 0 Å². The second-order valence-electron chi connectivity index (χ2n) is 4.30. The molecule has 0 aromatic heterocycles. The molecule has 1 aliphatic rings. The number of fused-ring (bicyclic) bond motifs is 1. The number of rotatable bonds is 2. The molecule has 2 rings (SSSR count). The number of carbonyl (C=O) groups excluding carboxylic acids is 2. The molecular formula is C12H12FNO2. The largest absolute Gasteiger partial charge is 0.304 e. The Hall–Kier alpha value is -1.71. The third kappa shape index (κ3) is 1.60. The van der Waals surface area contributed by atoms with Crippen molar-refractivity contribution in [1.82, 2.24) is 0 Å². The van der Waals surface area contributed by atoms with Gasteiger partial charge in [0.05, 0.1) is 11.3 Å². The van der Waals surface area contributed by atoms with Crippen LogP contribution in [0.4, 0.5) is 10.1 Å². The molecule has 0 bridgehead atoms. The monoisotopic (exact) mass is 221 g/mol. The van der Waals surface area contributed by atoms with Gasteiger partial charge in [0.2, 0.25) is 0 Å². The fourth-order valence-corrected chi connectivity index (χ4v) is 1.81. The summed E-state index contributed by atoms with van der Waals surface area (Å²) >= 11 is 0. The van der Waals surface area contributed by atoms with Crippen LogP contribution >= 0.6 is 0 Å². The van der Waals surface area contributed by atoms with E-state index in [1.54, 1.807) is 0 Å². The van der Waals surface area contributed by atoms with Crippen LogP contribution in [0.2, 0.25) is 0 Å². The molecule has 0 aliphatic carbocycles. The van der Waals surface area contributed by atoms with Crippen molar-refractivity contribution in [3.05, 3.63) is 29.6 Å². The SMILES string of the molecule is CC(C)CN1C(=O)C(=O)c2ccc(F)cc21. The minimum absolute atomic E-state index is 0.228. The second-order valence-corrected chi connectivity index (χ2v) is 4.30. The summed E-state index contributed by atoms with van der Waals surface area (Å²) in [6, 6.07) is 3.80. The summed E-state index contributed by atoms with van der Waals surface area (Å²) in [6.07, 6.45) is 0. The first-order valence-electron chi connectivity index (χ1n) is 5.16. The number of halogens is 1. The van der Waals surface area contributed by atoms with E-state index in [2.05, 4.69) is 0 Å². The van der Waals surface area contributed by atoms with Crippen molar-refractivity contribution >= 4 is 17.4 Å². The molecule has 0 saturated carbocycles. The maximum atomic E-state index is 13.1. The maximum Gasteiger partial charge on any atom is 0.299 e. The lowest BCUT2D eigenvalue weighted by Gasteiger charge is -2.18. The van der Waals surface area contributed by atoms with E-state index >= 15 is 0 Å². The number of carbonyl (C=O) groups is 2. The van der Waals surface area contributed by atoms with E-state index in [1.807, 2.05) is 13.8 Å². The van der Waals surface area contributed by atoms with Crippen LogP contribution in [0.1, 0.15) is 24.2 Å². The highest BCUT2D eigenvalue weighted by Gasteiger charge is 2.35. The number of benzene rings is 1. The summed E-state index contributed by atoms with van der Waals surface area (Å²) in [5.41, 5.74) is 0.691. The minimum Gasteiger partial charge on any atom is -0.304 e. The summed E-state index contributed by atoms with van der Waals surface area (Å²) in [5.74, 6) is -1.31. The van der Waals surface area contributed by atoms with Gasteiger partial charge in [-0.25, -0.2) is 4.39 Å². The summed E-state index contributed by atoms with van der Waals surface area (Å²) in [7, 11) is 0. The Labute approximate surface area is 92.9 Å². The number of anilines is 1. The smallest absolute Gasteiger partial charge is 0.299 e. The van der Waals surface area contributed by atoms with Crippen LogP contribution in [0.15, 0.2) is 18.2 Å². The predicted octanol–water partition coefficient (Wildman–Crippen LogP) is 2.01. The number of amides is 1. The Morgan fingerprint density at radius 1 is 1.31 bits per heavy atom. The first-order chi connectivity index (χ1) is 7.50. The first kappa shape index (κ1) is 10.8. The van der Waals surface area contributed by atoms with Gasteiger partial charge in [0, 0.05) is 6.54 Å². The molecule has 84 valence electrons. The molecule has 4 heteroatoms. The molecule has 1 aromatic carbocycles. The van der Waals surface area contributed by atoms with Gasteiger partial charge in [0.1, 0.15) is 5.82 Å². The Morgan fingerprint density at radius 2 is 2.00 bits per heavy atom. The lowest BCUT2D eigenvalue weighted by atomic mass is 10.1. The topological polar surface area (TPSA) is 37.4 Å². The Bertz CT molecular complexity index is 468.